The Morgan fingerprint density at radius 1 is 1.39 bits per heavy atom. The summed E-state index contributed by atoms with van der Waals surface area (Å²) < 4.78 is 1.77. The normalized spacial score (nSPS) is 13.4. The van der Waals surface area contributed by atoms with Crippen molar-refractivity contribution in [2.75, 3.05) is 7.05 Å². The lowest BCUT2D eigenvalue weighted by Crippen LogP contribution is -2.40. The quantitative estimate of drug-likeness (QED) is 0.922. The summed E-state index contributed by atoms with van der Waals surface area (Å²) in [4.78, 5) is 18.4. The summed E-state index contributed by atoms with van der Waals surface area (Å²) in [6.45, 7) is 6.00. The SMILES string of the molecule is CC[C@@H](c1ccncc1)N(C)C(=O)N[C@H](C)c1cn(C)nc1C. The molecule has 0 unspecified atom stereocenters. The Morgan fingerprint density at radius 2 is 2.04 bits per heavy atom. The molecule has 2 rings (SSSR count). The number of urea groups is 1. The van der Waals surface area contributed by atoms with Crippen LogP contribution in [0.15, 0.2) is 30.7 Å². The van der Waals surface area contributed by atoms with E-state index in [0.29, 0.717) is 0 Å². The standard InChI is InChI=1S/C17H25N5O/c1-6-16(14-7-9-18-10-8-14)22(5)17(23)19-12(2)15-11-21(4)20-13(15)3/h7-12,16H,6H2,1-5H3,(H,19,23)/t12-,16+/m1/s1. The van der Waals surface area contributed by atoms with E-state index in [2.05, 4.69) is 22.3 Å². The Labute approximate surface area is 137 Å². The van der Waals surface area contributed by atoms with Gasteiger partial charge in [0.2, 0.25) is 0 Å². The molecular weight excluding hydrogens is 290 g/mol. The van der Waals surface area contributed by atoms with Crippen molar-refractivity contribution < 1.29 is 4.79 Å². The third-order valence-corrected chi connectivity index (χ3v) is 4.12. The van der Waals surface area contributed by atoms with Gasteiger partial charge in [-0.3, -0.25) is 9.67 Å². The zero-order chi connectivity index (χ0) is 17.0. The lowest BCUT2D eigenvalue weighted by atomic mass is 10.1. The molecule has 0 saturated heterocycles. The van der Waals surface area contributed by atoms with Gasteiger partial charge in [-0.25, -0.2) is 4.79 Å². The van der Waals surface area contributed by atoms with Crippen LogP contribution in [0.25, 0.3) is 0 Å². The van der Waals surface area contributed by atoms with E-state index in [4.69, 9.17) is 0 Å². The summed E-state index contributed by atoms with van der Waals surface area (Å²) in [5, 5.41) is 7.38. The van der Waals surface area contributed by atoms with Crippen LogP contribution >= 0.6 is 0 Å². The Kier molecular flexibility index (Phi) is 5.36. The zero-order valence-corrected chi connectivity index (χ0v) is 14.4. The van der Waals surface area contributed by atoms with E-state index in [0.717, 1.165) is 23.2 Å². The van der Waals surface area contributed by atoms with Gasteiger partial charge in [-0.1, -0.05) is 6.92 Å². The minimum atomic E-state index is -0.0931. The van der Waals surface area contributed by atoms with Crippen LogP contribution < -0.4 is 5.32 Å². The molecule has 6 heteroatoms. The van der Waals surface area contributed by atoms with Crippen LogP contribution in [0.2, 0.25) is 0 Å². The summed E-state index contributed by atoms with van der Waals surface area (Å²) in [5.74, 6) is 0. The van der Waals surface area contributed by atoms with Gasteiger partial charge >= 0.3 is 6.03 Å². The van der Waals surface area contributed by atoms with Gasteiger partial charge in [-0.05, 0) is 38.0 Å². The third kappa shape index (κ3) is 3.88. The van der Waals surface area contributed by atoms with Crippen molar-refractivity contribution >= 4 is 6.03 Å². The van der Waals surface area contributed by atoms with Crippen molar-refractivity contribution in [3.8, 4) is 0 Å². The van der Waals surface area contributed by atoms with Crippen LogP contribution in [0.1, 0.15) is 49.2 Å². The average molecular weight is 315 g/mol. The molecule has 0 spiro atoms. The van der Waals surface area contributed by atoms with E-state index >= 15 is 0 Å². The summed E-state index contributed by atoms with van der Waals surface area (Å²) in [7, 11) is 3.71. The molecule has 6 nitrogen and oxygen atoms in total. The van der Waals surface area contributed by atoms with Gasteiger partial charge in [-0.15, -0.1) is 0 Å². The smallest absolute Gasteiger partial charge is 0.318 e. The highest BCUT2D eigenvalue weighted by atomic mass is 16.2. The third-order valence-electron chi connectivity index (χ3n) is 4.12. The van der Waals surface area contributed by atoms with Crippen molar-refractivity contribution in [1.29, 1.82) is 0 Å². The van der Waals surface area contributed by atoms with Crippen LogP contribution in [-0.2, 0) is 7.05 Å². The number of hydrogen-bond acceptors (Lipinski definition) is 3. The maximum Gasteiger partial charge on any atom is 0.318 e. The van der Waals surface area contributed by atoms with E-state index in [1.165, 1.54) is 0 Å². The van der Waals surface area contributed by atoms with E-state index in [1.807, 2.05) is 46.3 Å². The second-order valence-electron chi connectivity index (χ2n) is 5.83. The lowest BCUT2D eigenvalue weighted by molar-refractivity contribution is 0.185. The fourth-order valence-electron chi connectivity index (χ4n) is 2.87. The summed E-state index contributed by atoms with van der Waals surface area (Å²) >= 11 is 0. The Morgan fingerprint density at radius 3 is 2.57 bits per heavy atom. The van der Waals surface area contributed by atoms with Gasteiger partial charge < -0.3 is 10.2 Å². The molecule has 2 aromatic heterocycles. The highest BCUT2D eigenvalue weighted by Crippen LogP contribution is 2.23. The number of carbonyl (C=O) groups excluding carboxylic acids is 1. The molecule has 0 aromatic carbocycles. The van der Waals surface area contributed by atoms with E-state index < -0.39 is 0 Å². The molecule has 0 aliphatic heterocycles. The van der Waals surface area contributed by atoms with Crippen molar-refractivity contribution in [2.24, 2.45) is 7.05 Å². The number of amides is 2. The molecule has 0 radical (unpaired) electrons. The van der Waals surface area contributed by atoms with Crippen LogP contribution in [0, 0.1) is 6.92 Å². The molecule has 2 amide bonds. The number of rotatable bonds is 5. The molecule has 0 aliphatic carbocycles. The second kappa shape index (κ2) is 7.26. The van der Waals surface area contributed by atoms with Gasteiger partial charge in [0, 0.05) is 38.2 Å². The number of pyridine rings is 1. The lowest BCUT2D eigenvalue weighted by Gasteiger charge is -2.29. The molecule has 1 N–H and O–H groups in total. The average Bonchev–Trinajstić information content (AvgIpc) is 2.87. The van der Waals surface area contributed by atoms with Crippen molar-refractivity contribution in [1.82, 2.24) is 25.0 Å². The number of nitrogens with one attached hydrogen (secondary N) is 1. The molecule has 23 heavy (non-hydrogen) atoms. The molecule has 2 heterocycles. The summed E-state index contributed by atoms with van der Waals surface area (Å²) in [5.41, 5.74) is 3.06. The van der Waals surface area contributed by atoms with Crippen LogP contribution in [0.4, 0.5) is 4.79 Å². The first-order valence-corrected chi connectivity index (χ1v) is 7.87. The van der Waals surface area contributed by atoms with Gasteiger partial charge in [-0.2, -0.15) is 5.10 Å². The molecule has 124 valence electrons. The topological polar surface area (TPSA) is 63.1 Å². The fraction of sp³-hybridized carbons (Fsp3) is 0.471. The van der Waals surface area contributed by atoms with Gasteiger partial charge in [0.25, 0.3) is 0 Å². The molecule has 0 saturated carbocycles. The minimum absolute atomic E-state index is 0.0280. The van der Waals surface area contributed by atoms with Crippen LogP contribution in [0.3, 0.4) is 0 Å². The van der Waals surface area contributed by atoms with Crippen LogP contribution in [-0.4, -0.2) is 32.7 Å². The van der Waals surface area contributed by atoms with Crippen molar-refractivity contribution in [3.05, 3.63) is 47.5 Å². The number of hydrogen-bond donors (Lipinski definition) is 1. The monoisotopic (exact) mass is 315 g/mol. The van der Waals surface area contributed by atoms with Gasteiger partial charge in [0.15, 0.2) is 0 Å². The van der Waals surface area contributed by atoms with E-state index in [-0.39, 0.29) is 18.1 Å². The molecule has 2 aromatic rings. The predicted molar refractivity (Wildman–Crippen MR) is 89.9 cm³/mol. The summed E-state index contributed by atoms with van der Waals surface area (Å²) in [6.07, 6.45) is 6.30. The Bertz CT molecular complexity index is 652. The first-order valence-electron chi connectivity index (χ1n) is 7.87. The highest BCUT2D eigenvalue weighted by molar-refractivity contribution is 5.75. The minimum Gasteiger partial charge on any atom is -0.331 e. The first kappa shape index (κ1) is 17.0. The fourth-order valence-corrected chi connectivity index (χ4v) is 2.87. The number of nitrogens with zero attached hydrogens (tertiary/aromatic N) is 4. The first-order chi connectivity index (χ1) is 10.9. The van der Waals surface area contributed by atoms with E-state index in [9.17, 15) is 4.79 Å². The summed E-state index contributed by atoms with van der Waals surface area (Å²) in [6, 6.07) is 3.75. The van der Waals surface area contributed by atoms with Crippen molar-refractivity contribution in [2.45, 2.75) is 39.3 Å². The second-order valence-corrected chi connectivity index (χ2v) is 5.83. The molecule has 2 atom stereocenters. The molecule has 0 aliphatic rings. The van der Waals surface area contributed by atoms with Crippen molar-refractivity contribution in [3.63, 3.8) is 0 Å². The number of aromatic nitrogens is 3. The maximum absolute atomic E-state index is 12.6. The Balaban J connectivity index is 2.08. The van der Waals surface area contributed by atoms with E-state index in [1.54, 1.807) is 22.0 Å². The molecular formula is C17H25N5O. The number of carbonyl (C=O) groups is 1. The predicted octanol–water partition coefficient (Wildman–Crippen LogP) is 2.98. The maximum atomic E-state index is 12.6. The molecule has 0 bridgehead atoms. The molecule has 0 fully saturated rings. The van der Waals surface area contributed by atoms with Gasteiger partial charge in [0.1, 0.15) is 0 Å². The van der Waals surface area contributed by atoms with Gasteiger partial charge in [0.05, 0.1) is 17.8 Å². The Hall–Kier alpha value is -2.37. The highest BCUT2D eigenvalue weighted by Gasteiger charge is 2.22. The largest absolute Gasteiger partial charge is 0.331 e. The van der Waals surface area contributed by atoms with Crippen LogP contribution in [0.5, 0.6) is 0 Å². The number of aryl methyl sites for hydroxylation is 2. The zero-order valence-electron chi connectivity index (χ0n) is 14.4.